The first-order chi connectivity index (χ1) is 5.85. The normalized spacial score (nSPS) is 41.2. The van der Waals surface area contributed by atoms with Gasteiger partial charge in [-0.3, -0.25) is 5.32 Å². The summed E-state index contributed by atoms with van der Waals surface area (Å²) >= 11 is 0. The van der Waals surface area contributed by atoms with Gasteiger partial charge in [-0.1, -0.05) is 6.42 Å². The van der Waals surface area contributed by atoms with Gasteiger partial charge in [0.05, 0.1) is 0 Å². The van der Waals surface area contributed by atoms with Crippen LogP contribution in [0.15, 0.2) is 0 Å². The molecule has 1 heterocycles. The highest BCUT2D eigenvalue weighted by atomic mass is 16.5. The van der Waals surface area contributed by atoms with Crippen molar-refractivity contribution in [2.75, 3.05) is 13.2 Å². The number of piperidine rings is 1. The van der Waals surface area contributed by atoms with E-state index < -0.39 is 0 Å². The lowest BCUT2D eigenvalue weighted by Gasteiger charge is -2.45. The fraction of sp³-hybridized carbons (Fsp3) is 1.00. The highest BCUT2D eigenvalue weighted by Gasteiger charge is 2.39. The maximum atomic E-state index is 5.83. The predicted molar refractivity (Wildman–Crippen MR) is 48.9 cm³/mol. The van der Waals surface area contributed by atoms with Gasteiger partial charge in [0, 0.05) is 6.61 Å². The van der Waals surface area contributed by atoms with Crippen molar-refractivity contribution in [3.05, 3.63) is 0 Å². The quantitative estimate of drug-likeness (QED) is 0.681. The van der Waals surface area contributed by atoms with E-state index in [0.717, 1.165) is 19.1 Å². The average molecular weight is 169 g/mol. The Hall–Kier alpha value is -0.0800. The number of hydrogen-bond acceptors (Lipinski definition) is 2. The Balaban J connectivity index is 2.01. The van der Waals surface area contributed by atoms with Crippen LogP contribution in [0.4, 0.5) is 0 Å². The molecule has 0 spiro atoms. The molecular formula is C10H19NO. The molecule has 12 heavy (non-hydrogen) atoms. The van der Waals surface area contributed by atoms with Crippen LogP contribution in [0.25, 0.3) is 0 Å². The lowest BCUT2D eigenvalue weighted by molar-refractivity contribution is -0.117. The molecule has 2 fully saturated rings. The number of fused-ring (bicyclic) bond motifs is 2. The van der Waals surface area contributed by atoms with Gasteiger partial charge in [-0.15, -0.1) is 0 Å². The zero-order chi connectivity index (χ0) is 8.44. The minimum Gasteiger partial charge on any atom is -0.361 e. The first-order valence-electron chi connectivity index (χ1n) is 5.24. The molecule has 1 N–H and O–H groups in total. The summed E-state index contributed by atoms with van der Waals surface area (Å²) in [5.41, 5.74) is 0.0793. The third-order valence-corrected chi connectivity index (χ3v) is 3.23. The first kappa shape index (κ1) is 8.52. The van der Waals surface area contributed by atoms with Crippen molar-refractivity contribution in [3.63, 3.8) is 0 Å². The molecule has 0 aromatic heterocycles. The maximum absolute atomic E-state index is 5.83. The third kappa shape index (κ3) is 1.50. The summed E-state index contributed by atoms with van der Waals surface area (Å²) < 4.78 is 5.83. The second-order valence-corrected chi connectivity index (χ2v) is 4.11. The van der Waals surface area contributed by atoms with Crippen molar-refractivity contribution in [2.24, 2.45) is 5.92 Å². The molecule has 2 heteroatoms. The Morgan fingerprint density at radius 2 is 2.42 bits per heavy atom. The van der Waals surface area contributed by atoms with Crippen molar-refractivity contribution in [2.45, 2.75) is 44.8 Å². The standard InChI is InChI=1S/C10H19NO/c1-2-12-10-6-3-4-9(8-10)5-7-11-10/h9,11H,2-8H2,1H3. The summed E-state index contributed by atoms with van der Waals surface area (Å²) in [5.74, 6) is 0.937. The first-order valence-corrected chi connectivity index (χ1v) is 5.24. The Labute approximate surface area is 74.7 Å². The molecule has 2 atom stereocenters. The monoisotopic (exact) mass is 169 g/mol. The van der Waals surface area contributed by atoms with Gasteiger partial charge in [0.15, 0.2) is 0 Å². The Morgan fingerprint density at radius 1 is 1.50 bits per heavy atom. The molecule has 2 bridgehead atoms. The van der Waals surface area contributed by atoms with Crippen LogP contribution in [0.1, 0.15) is 39.0 Å². The lowest BCUT2D eigenvalue weighted by Crippen LogP contribution is -2.55. The predicted octanol–water partition coefficient (Wildman–Crippen LogP) is 1.90. The molecule has 0 radical (unpaired) electrons. The van der Waals surface area contributed by atoms with Gasteiger partial charge in [0.25, 0.3) is 0 Å². The number of rotatable bonds is 2. The van der Waals surface area contributed by atoms with Gasteiger partial charge in [-0.25, -0.2) is 0 Å². The van der Waals surface area contributed by atoms with E-state index in [1.165, 1.54) is 32.1 Å². The van der Waals surface area contributed by atoms with Crippen LogP contribution in [-0.2, 0) is 4.74 Å². The van der Waals surface area contributed by atoms with Crippen LogP contribution in [0, 0.1) is 5.92 Å². The van der Waals surface area contributed by atoms with Crippen molar-refractivity contribution in [1.82, 2.24) is 5.32 Å². The van der Waals surface area contributed by atoms with Gasteiger partial charge in [-0.2, -0.15) is 0 Å². The molecule has 2 rings (SSSR count). The Kier molecular flexibility index (Phi) is 2.37. The SMILES string of the molecule is CCOC12CCCC(CCN1)C2. The van der Waals surface area contributed by atoms with E-state index in [1.807, 2.05) is 0 Å². The van der Waals surface area contributed by atoms with Crippen LogP contribution in [0.2, 0.25) is 0 Å². The summed E-state index contributed by atoms with van der Waals surface area (Å²) in [5, 5.41) is 3.54. The van der Waals surface area contributed by atoms with Crippen LogP contribution < -0.4 is 5.32 Å². The van der Waals surface area contributed by atoms with E-state index in [2.05, 4.69) is 12.2 Å². The average Bonchev–Trinajstić information content (AvgIpc) is 2.04. The summed E-state index contributed by atoms with van der Waals surface area (Å²) in [4.78, 5) is 0. The molecule has 2 aliphatic rings. The largest absolute Gasteiger partial charge is 0.361 e. The van der Waals surface area contributed by atoms with E-state index in [-0.39, 0.29) is 5.72 Å². The van der Waals surface area contributed by atoms with Crippen LogP contribution >= 0.6 is 0 Å². The third-order valence-electron chi connectivity index (χ3n) is 3.23. The van der Waals surface area contributed by atoms with Gasteiger partial charge in [0.2, 0.25) is 0 Å². The van der Waals surface area contributed by atoms with Gasteiger partial charge < -0.3 is 4.74 Å². The maximum Gasteiger partial charge on any atom is 0.119 e. The Morgan fingerprint density at radius 3 is 3.25 bits per heavy atom. The zero-order valence-electron chi connectivity index (χ0n) is 7.94. The van der Waals surface area contributed by atoms with Crippen molar-refractivity contribution >= 4 is 0 Å². The van der Waals surface area contributed by atoms with Gasteiger partial charge in [-0.05, 0) is 45.1 Å². The second-order valence-electron chi connectivity index (χ2n) is 4.11. The Bertz CT molecular complexity index is 142. The highest BCUT2D eigenvalue weighted by Crippen LogP contribution is 2.37. The molecule has 0 amide bonds. The van der Waals surface area contributed by atoms with Gasteiger partial charge in [0.1, 0.15) is 5.72 Å². The summed E-state index contributed by atoms with van der Waals surface area (Å²) in [6, 6.07) is 0. The highest BCUT2D eigenvalue weighted by molar-refractivity contribution is 4.90. The van der Waals surface area contributed by atoms with Crippen molar-refractivity contribution in [3.8, 4) is 0 Å². The van der Waals surface area contributed by atoms with Crippen LogP contribution in [0.3, 0.4) is 0 Å². The topological polar surface area (TPSA) is 21.3 Å². The number of ether oxygens (including phenoxy) is 1. The van der Waals surface area contributed by atoms with E-state index in [0.29, 0.717) is 0 Å². The number of nitrogens with one attached hydrogen (secondary N) is 1. The van der Waals surface area contributed by atoms with Crippen LogP contribution in [0.5, 0.6) is 0 Å². The minimum atomic E-state index is 0.0793. The van der Waals surface area contributed by atoms with Crippen LogP contribution in [-0.4, -0.2) is 18.9 Å². The molecule has 2 unspecified atom stereocenters. The summed E-state index contributed by atoms with van der Waals surface area (Å²) in [6.07, 6.45) is 6.60. The zero-order valence-corrected chi connectivity index (χ0v) is 7.94. The molecule has 1 saturated carbocycles. The molecule has 0 aromatic rings. The van der Waals surface area contributed by atoms with E-state index in [4.69, 9.17) is 4.74 Å². The minimum absolute atomic E-state index is 0.0793. The molecule has 70 valence electrons. The van der Waals surface area contributed by atoms with E-state index in [1.54, 1.807) is 0 Å². The lowest BCUT2D eigenvalue weighted by atomic mass is 9.78. The second kappa shape index (κ2) is 3.35. The van der Waals surface area contributed by atoms with Crippen molar-refractivity contribution in [1.29, 1.82) is 0 Å². The van der Waals surface area contributed by atoms with Gasteiger partial charge >= 0.3 is 0 Å². The number of hydrogen-bond donors (Lipinski definition) is 1. The molecule has 2 nitrogen and oxygen atoms in total. The molecule has 1 aliphatic carbocycles. The summed E-state index contributed by atoms with van der Waals surface area (Å²) in [7, 11) is 0. The van der Waals surface area contributed by atoms with E-state index in [9.17, 15) is 0 Å². The van der Waals surface area contributed by atoms with E-state index >= 15 is 0 Å². The fourth-order valence-electron chi connectivity index (χ4n) is 2.72. The molecule has 0 aromatic carbocycles. The molecular weight excluding hydrogens is 150 g/mol. The fourth-order valence-corrected chi connectivity index (χ4v) is 2.72. The molecule has 1 aliphatic heterocycles. The molecule has 1 saturated heterocycles. The summed E-state index contributed by atoms with van der Waals surface area (Å²) in [6.45, 7) is 4.10. The smallest absolute Gasteiger partial charge is 0.119 e. The van der Waals surface area contributed by atoms with Crippen molar-refractivity contribution < 1.29 is 4.74 Å².